The summed E-state index contributed by atoms with van der Waals surface area (Å²) in [5, 5.41) is 23.3. The fourth-order valence-electron chi connectivity index (χ4n) is 4.40. The van der Waals surface area contributed by atoms with Crippen LogP contribution in [0.3, 0.4) is 0 Å². The van der Waals surface area contributed by atoms with E-state index in [1.165, 1.54) is 0 Å². The number of carbonyl (C=O) groups excluding carboxylic acids is 1. The summed E-state index contributed by atoms with van der Waals surface area (Å²) in [5.41, 5.74) is 5.77. The molecule has 0 unspecified atom stereocenters. The number of aliphatic hydroxyl groups excluding tert-OH is 1. The molecule has 5 rings (SSSR count). The van der Waals surface area contributed by atoms with Crippen molar-refractivity contribution in [2.45, 2.75) is 18.9 Å². The van der Waals surface area contributed by atoms with E-state index < -0.39 is 6.04 Å². The van der Waals surface area contributed by atoms with Gasteiger partial charge in [0, 0.05) is 23.5 Å². The highest BCUT2D eigenvalue weighted by Gasteiger charge is 2.24. The van der Waals surface area contributed by atoms with Crippen LogP contribution in [0.2, 0.25) is 0 Å². The Kier molecular flexibility index (Phi) is 5.55. The summed E-state index contributed by atoms with van der Waals surface area (Å²) in [5.74, 6) is 0.307. The van der Waals surface area contributed by atoms with Crippen LogP contribution in [-0.2, 0) is 12.8 Å². The number of aromatic nitrogens is 1. The molecule has 0 radical (unpaired) electrons. The van der Waals surface area contributed by atoms with Gasteiger partial charge in [0.1, 0.15) is 5.75 Å². The third kappa shape index (κ3) is 4.07. The number of H-pyrrole nitrogens is 1. The van der Waals surface area contributed by atoms with E-state index in [-0.39, 0.29) is 12.5 Å². The fourth-order valence-corrected chi connectivity index (χ4v) is 4.40. The topological polar surface area (TPSA) is 98.1 Å². The molecule has 33 heavy (non-hydrogen) atoms. The first-order valence-corrected chi connectivity index (χ1v) is 10.9. The molecule has 164 valence electrons. The normalized spacial score (nSPS) is 13.2. The number of nitrogens with one attached hydrogen (secondary N) is 2. The summed E-state index contributed by atoms with van der Waals surface area (Å²) >= 11 is 0. The average molecular weight is 437 g/mol. The van der Waals surface area contributed by atoms with E-state index in [9.17, 15) is 15.2 Å². The van der Waals surface area contributed by atoms with Crippen molar-refractivity contribution in [1.82, 2.24) is 10.3 Å². The molecule has 0 spiro atoms. The Morgan fingerprint density at radius 3 is 2.88 bits per heavy atom. The van der Waals surface area contributed by atoms with Crippen molar-refractivity contribution in [2.24, 2.45) is 0 Å². The monoisotopic (exact) mass is 437 g/mol. The summed E-state index contributed by atoms with van der Waals surface area (Å²) in [6.45, 7) is 0.342. The molecule has 6 nitrogen and oxygen atoms in total. The maximum Gasteiger partial charge on any atom is 0.255 e. The zero-order valence-electron chi connectivity index (χ0n) is 18.0. The van der Waals surface area contributed by atoms with E-state index in [0.29, 0.717) is 29.9 Å². The molecule has 1 aromatic heterocycles. The SMILES string of the molecule is N#Cc1cccc(-c2cc3c(c(C(=O)N[C@@H](CO)Cc4c[nH]c5ccccc45)c2)OCC3)c1. The zero-order valence-corrected chi connectivity index (χ0v) is 18.0. The summed E-state index contributed by atoms with van der Waals surface area (Å²) in [6.07, 6.45) is 3.14. The van der Waals surface area contributed by atoms with Crippen LogP contribution in [0, 0.1) is 11.3 Å². The molecule has 0 saturated heterocycles. The highest BCUT2D eigenvalue weighted by atomic mass is 16.5. The van der Waals surface area contributed by atoms with Gasteiger partial charge in [0.05, 0.1) is 36.5 Å². The number of fused-ring (bicyclic) bond motifs is 2. The van der Waals surface area contributed by atoms with E-state index in [1.54, 1.807) is 12.1 Å². The van der Waals surface area contributed by atoms with Crippen molar-refractivity contribution in [1.29, 1.82) is 5.26 Å². The number of benzene rings is 3. The molecule has 1 aliphatic heterocycles. The Balaban J connectivity index is 1.43. The Hall–Kier alpha value is -4.08. The summed E-state index contributed by atoms with van der Waals surface area (Å²) < 4.78 is 5.78. The minimum atomic E-state index is -0.445. The van der Waals surface area contributed by atoms with Crippen LogP contribution in [0.5, 0.6) is 5.75 Å². The van der Waals surface area contributed by atoms with E-state index >= 15 is 0 Å². The number of nitrogens with zero attached hydrogens (tertiary/aromatic N) is 1. The lowest BCUT2D eigenvalue weighted by atomic mass is 9.96. The minimum Gasteiger partial charge on any atom is -0.492 e. The van der Waals surface area contributed by atoms with Crippen molar-refractivity contribution in [2.75, 3.05) is 13.2 Å². The second kappa shape index (κ2) is 8.81. The summed E-state index contributed by atoms with van der Waals surface area (Å²) in [7, 11) is 0. The van der Waals surface area contributed by atoms with Gasteiger partial charge in [-0.1, -0.05) is 30.3 Å². The first-order valence-electron chi connectivity index (χ1n) is 10.9. The van der Waals surface area contributed by atoms with Crippen molar-refractivity contribution in [3.05, 3.63) is 89.1 Å². The molecule has 0 aliphatic carbocycles. The molecule has 3 N–H and O–H groups in total. The van der Waals surface area contributed by atoms with E-state index in [2.05, 4.69) is 16.4 Å². The Labute approximate surface area is 191 Å². The standard InChI is InChI=1S/C27H23N3O3/c28-14-17-4-3-5-18(10-17)20-11-19-8-9-33-26(19)24(13-20)27(32)30-22(16-31)12-21-15-29-25-7-2-1-6-23(21)25/h1-7,10-11,13,15,22,29,31H,8-9,12,16H2,(H,30,32)/t22-/m1/s1. The van der Waals surface area contributed by atoms with Gasteiger partial charge in [0.25, 0.3) is 5.91 Å². The molecule has 3 aromatic carbocycles. The number of hydrogen-bond acceptors (Lipinski definition) is 4. The average Bonchev–Trinajstić information content (AvgIpc) is 3.50. The predicted octanol–water partition coefficient (Wildman–Crippen LogP) is 3.97. The lowest BCUT2D eigenvalue weighted by Gasteiger charge is -2.18. The quantitative estimate of drug-likeness (QED) is 0.425. The van der Waals surface area contributed by atoms with Gasteiger partial charge in [-0.2, -0.15) is 5.26 Å². The van der Waals surface area contributed by atoms with E-state index in [4.69, 9.17) is 4.74 Å². The maximum atomic E-state index is 13.3. The van der Waals surface area contributed by atoms with E-state index in [1.807, 2.05) is 54.7 Å². The van der Waals surface area contributed by atoms with Crippen LogP contribution in [0.25, 0.3) is 22.0 Å². The third-order valence-corrected chi connectivity index (χ3v) is 6.05. The molecular formula is C27H23N3O3. The summed E-state index contributed by atoms with van der Waals surface area (Å²) in [6, 6.07) is 20.8. The Bertz CT molecular complexity index is 1380. The number of aromatic amines is 1. The van der Waals surface area contributed by atoms with Crippen LogP contribution in [0.1, 0.15) is 27.0 Å². The molecule has 4 aromatic rings. The number of amides is 1. The lowest BCUT2D eigenvalue weighted by molar-refractivity contribution is 0.0913. The second-order valence-electron chi connectivity index (χ2n) is 8.22. The molecule has 0 bridgehead atoms. The molecule has 6 heteroatoms. The molecule has 2 heterocycles. The van der Waals surface area contributed by atoms with Gasteiger partial charge in [0.15, 0.2) is 0 Å². The summed E-state index contributed by atoms with van der Waals surface area (Å²) in [4.78, 5) is 16.5. The van der Waals surface area contributed by atoms with Gasteiger partial charge in [-0.05, 0) is 59.0 Å². The first-order chi connectivity index (χ1) is 16.2. The molecule has 0 fully saturated rings. The molecule has 1 amide bonds. The largest absolute Gasteiger partial charge is 0.492 e. The van der Waals surface area contributed by atoms with E-state index in [0.717, 1.165) is 39.6 Å². The molecule has 0 saturated carbocycles. The highest BCUT2D eigenvalue weighted by molar-refractivity contribution is 5.99. The predicted molar refractivity (Wildman–Crippen MR) is 126 cm³/mol. The highest BCUT2D eigenvalue weighted by Crippen LogP contribution is 2.35. The molecule has 1 aliphatic rings. The molecular weight excluding hydrogens is 414 g/mol. The van der Waals surface area contributed by atoms with Gasteiger partial charge < -0.3 is 20.1 Å². The van der Waals surface area contributed by atoms with Crippen molar-refractivity contribution in [3.8, 4) is 22.9 Å². The molecule has 1 atom stereocenters. The van der Waals surface area contributed by atoms with Crippen LogP contribution >= 0.6 is 0 Å². The van der Waals surface area contributed by atoms with Crippen LogP contribution in [0.15, 0.2) is 66.9 Å². The van der Waals surface area contributed by atoms with Gasteiger partial charge in [0.2, 0.25) is 0 Å². The Morgan fingerprint density at radius 1 is 1.15 bits per heavy atom. The van der Waals surface area contributed by atoms with Crippen LogP contribution in [0.4, 0.5) is 0 Å². The van der Waals surface area contributed by atoms with Gasteiger partial charge in [-0.25, -0.2) is 0 Å². The number of nitriles is 1. The smallest absolute Gasteiger partial charge is 0.255 e. The number of ether oxygens (including phenoxy) is 1. The first kappa shape index (κ1) is 20.8. The van der Waals surface area contributed by atoms with Gasteiger partial charge in [-0.15, -0.1) is 0 Å². The third-order valence-electron chi connectivity index (χ3n) is 6.05. The van der Waals surface area contributed by atoms with Crippen molar-refractivity contribution < 1.29 is 14.6 Å². The van der Waals surface area contributed by atoms with Gasteiger partial charge in [-0.3, -0.25) is 4.79 Å². The Morgan fingerprint density at radius 2 is 2.03 bits per heavy atom. The number of rotatable bonds is 6. The number of carbonyl (C=O) groups is 1. The zero-order chi connectivity index (χ0) is 22.8. The second-order valence-corrected chi connectivity index (χ2v) is 8.22. The number of hydrogen-bond donors (Lipinski definition) is 3. The van der Waals surface area contributed by atoms with Crippen LogP contribution < -0.4 is 10.1 Å². The fraction of sp³-hybridized carbons (Fsp3) is 0.185. The maximum absolute atomic E-state index is 13.3. The lowest BCUT2D eigenvalue weighted by Crippen LogP contribution is -2.39. The van der Waals surface area contributed by atoms with Crippen LogP contribution in [-0.4, -0.2) is 35.3 Å². The van der Waals surface area contributed by atoms with Gasteiger partial charge >= 0.3 is 0 Å². The van der Waals surface area contributed by atoms with Crippen molar-refractivity contribution >= 4 is 16.8 Å². The van der Waals surface area contributed by atoms with Crippen molar-refractivity contribution in [3.63, 3.8) is 0 Å². The minimum absolute atomic E-state index is 0.182. The number of aliphatic hydroxyl groups is 1. The number of para-hydroxylation sites is 1.